The summed E-state index contributed by atoms with van der Waals surface area (Å²) in [4.78, 5) is 14.0. The summed E-state index contributed by atoms with van der Waals surface area (Å²) < 4.78 is 0. The van der Waals surface area contributed by atoms with Gasteiger partial charge in [0, 0.05) is 21.2 Å². The molecule has 0 atom stereocenters. The summed E-state index contributed by atoms with van der Waals surface area (Å²) >= 11 is 1.38. The largest absolute Gasteiger partial charge is 0.398 e. The van der Waals surface area contributed by atoms with E-state index in [0.29, 0.717) is 27.3 Å². The summed E-state index contributed by atoms with van der Waals surface area (Å²) in [5.41, 5.74) is 8.32. The number of carbonyl (C=O) groups excluding carboxylic acids is 1. The smallest absolute Gasteiger partial charge is 0.196 e. The van der Waals surface area contributed by atoms with Crippen molar-refractivity contribution < 1.29 is 4.79 Å². The highest BCUT2D eigenvalue weighted by atomic mass is 32.2. The van der Waals surface area contributed by atoms with Crippen LogP contribution in [-0.4, -0.2) is 12.0 Å². The highest BCUT2D eigenvalue weighted by molar-refractivity contribution is 7.98. The number of fused-ring (bicyclic) bond motifs is 2. The van der Waals surface area contributed by atoms with Crippen molar-refractivity contribution in [2.45, 2.75) is 4.90 Å². The van der Waals surface area contributed by atoms with Crippen LogP contribution in [-0.2, 0) is 0 Å². The number of nitriles is 1. The molecule has 0 unspecified atom stereocenters. The molecule has 130 valence electrons. The number of nitrogens with two attached hydrogens (primary N) is 1. The van der Waals surface area contributed by atoms with Gasteiger partial charge < -0.3 is 5.73 Å². The fourth-order valence-corrected chi connectivity index (χ4v) is 4.22. The average Bonchev–Trinajstić information content (AvgIpc) is 2.72. The molecule has 0 saturated heterocycles. The van der Waals surface area contributed by atoms with Crippen molar-refractivity contribution in [1.82, 2.24) is 0 Å². The van der Waals surface area contributed by atoms with Crippen LogP contribution in [0.25, 0.3) is 21.5 Å². The minimum Gasteiger partial charge on any atom is -0.398 e. The predicted octanol–water partition coefficient (Wildman–Crippen LogP) is 5.40. The van der Waals surface area contributed by atoms with Crippen LogP contribution in [0.5, 0.6) is 0 Å². The normalized spacial score (nSPS) is 10.8. The van der Waals surface area contributed by atoms with Crippen molar-refractivity contribution in [1.29, 1.82) is 5.26 Å². The van der Waals surface area contributed by atoms with E-state index in [9.17, 15) is 10.1 Å². The maximum absolute atomic E-state index is 13.4. The van der Waals surface area contributed by atoms with Crippen LogP contribution in [0.4, 0.5) is 5.69 Å². The Morgan fingerprint density at radius 2 is 1.63 bits per heavy atom. The van der Waals surface area contributed by atoms with Crippen LogP contribution in [0.2, 0.25) is 0 Å². The summed E-state index contributed by atoms with van der Waals surface area (Å²) in [5.74, 6) is -0.162. The molecule has 0 spiro atoms. The highest BCUT2D eigenvalue weighted by Crippen LogP contribution is 2.38. The Morgan fingerprint density at radius 3 is 2.33 bits per heavy atom. The first-order valence-corrected chi connectivity index (χ1v) is 9.70. The van der Waals surface area contributed by atoms with Crippen molar-refractivity contribution >= 4 is 44.8 Å². The summed E-state index contributed by atoms with van der Waals surface area (Å²) in [6.07, 6.45) is 1.86. The second-order valence-electron chi connectivity index (χ2n) is 6.25. The van der Waals surface area contributed by atoms with Crippen LogP contribution in [0.3, 0.4) is 0 Å². The van der Waals surface area contributed by atoms with Gasteiger partial charge in [-0.2, -0.15) is 5.26 Å². The molecule has 0 amide bonds. The van der Waals surface area contributed by atoms with E-state index in [-0.39, 0.29) is 5.78 Å². The summed E-state index contributed by atoms with van der Waals surface area (Å²) in [7, 11) is 0. The molecular formula is C23H16N2OS. The number of benzene rings is 4. The summed E-state index contributed by atoms with van der Waals surface area (Å²) in [6.45, 7) is 0. The number of anilines is 1. The monoisotopic (exact) mass is 368 g/mol. The quantitative estimate of drug-likeness (QED) is 0.299. The van der Waals surface area contributed by atoms with Crippen LogP contribution in [0.1, 0.15) is 21.5 Å². The van der Waals surface area contributed by atoms with E-state index in [1.807, 2.05) is 73.0 Å². The van der Waals surface area contributed by atoms with Gasteiger partial charge in [0.2, 0.25) is 0 Å². The van der Waals surface area contributed by atoms with E-state index < -0.39 is 0 Å². The third-order valence-corrected chi connectivity index (χ3v) is 5.58. The SMILES string of the molecule is CSc1c(C(=O)c2ccc3ccccc3c2)c(N)c2ccccc2c1C#N. The number of thioether (sulfide) groups is 1. The number of carbonyl (C=O) groups is 1. The lowest BCUT2D eigenvalue weighted by atomic mass is 9.93. The summed E-state index contributed by atoms with van der Waals surface area (Å²) in [6, 6.07) is 23.3. The molecule has 2 N–H and O–H groups in total. The molecule has 27 heavy (non-hydrogen) atoms. The first-order chi connectivity index (χ1) is 13.2. The van der Waals surface area contributed by atoms with Crippen molar-refractivity contribution in [3.8, 4) is 6.07 Å². The van der Waals surface area contributed by atoms with Gasteiger partial charge in [-0.15, -0.1) is 11.8 Å². The fourth-order valence-electron chi connectivity index (χ4n) is 3.46. The molecule has 0 aromatic heterocycles. The zero-order chi connectivity index (χ0) is 19.0. The van der Waals surface area contributed by atoms with Crippen LogP contribution < -0.4 is 5.73 Å². The maximum Gasteiger partial charge on any atom is 0.196 e. The lowest BCUT2D eigenvalue weighted by molar-refractivity contribution is 0.103. The van der Waals surface area contributed by atoms with Crippen LogP contribution in [0.15, 0.2) is 71.6 Å². The Morgan fingerprint density at radius 1 is 0.963 bits per heavy atom. The highest BCUT2D eigenvalue weighted by Gasteiger charge is 2.23. The van der Waals surface area contributed by atoms with E-state index in [0.717, 1.165) is 21.5 Å². The van der Waals surface area contributed by atoms with Gasteiger partial charge in [0.25, 0.3) is 0 Å². The molecule has 0 fully saturated rings. The van der Waals surface area contributed by atoms with Gasteiger partial charge in [-0.1, -0.05) is 60.7 Å². The van der Waals surface area contributed by atoms with Gasteiger partial charge in [0.15, 0.2) is 5.78 Å². The van der Waals surface area contributed by atoms with Gasteiger partial charge in [0.05, 0.1) is 16.8 Å². The number of nitrogens with zero attached hydrogens (tertiary/aromatic N) is 1. The zero-order valence-corrected chi connectivity index (χ0v) is 15.5. The van der Waals surface area contributed by atoms with Gasteiger partial charge in [-0.25, -0.2) is 0 Å². The Hall–Kier alpha value is -3.29. The number of hydrogen-bond donors (Lipinski definition) is 1. The van der Waals surface area contributed by atoms with Crippen molar-refractivity contribution in [3.05, 3.63) is 83.4 Å². The molecule has 3 nitrogen and oxygen atoms in total. The molecule has 0 aliphatic heterocycles. The third kappa shape index (κ3) is 2.73. The lowest BCUT2D eigenvalue weighted by Gasteiger charge is -2.15. The molecule has 0 bridgehead atoms. The first kappa shape index (κ1) is 17.1. The van der Waals surface area contributed by atoms with E-state index >= 15 is 0 Å². The molecule has 4 rings (SSSR count). The second-order valence-corrected chi connectivity index (χ2v) is 7.06. The van der Waals surface area contributed by atoms with E-state index in [4.69, 9.17) is 5.73 Å². The molecular weight excluding hydrogens is 352 g/mol. The van der Waals surface area contributed by atoms with E-state index in [2.05, 4.69) is 6.07 Å². The van der Waals surface area contributed by atoms with Gasteiger partial charge >= 0.3 is 0 Å². The molecule has 4 aromatic rings. The molecule has 0 heterocycles. The number of nitrogen functional groups attached to an aromatic ring is 1. The number of ketones is 1. The van der Waals surface area contributed by atoms with Crippen LogP contribution in [0, 0.1) is 11.3 Å². The number of rotatable bonds is 3. The molecule has 0 radical (unpaired) electrons. The second kappa shape index (κ2) is 6.79. The topological polar surface area (TPSA) is 66.9 Å². The Labute approximate surface area is 161 Å². The molecule has 0 aliphatic carbocycles. The predicted molar refractivity (Wildman–Crippen MR) is 112 cm³/mol. The fraction of sp³-hybridized carbons (Fsp3) is 0.0435. The van der Waals surface area contributed by atoms with E-state index in [1.54, 1.807) is 0 Å². The van der Waals surface area contributed by atoms with Gasteiger partial charge in [-0.05, 0) is 23.1 Å². The van der Waals surface area contributed by atoms with Gasteiger partial charge in [-0.3, -0.25) is 4.79 Å². The molecule has 4 heteroatoms. The minimum absolute atomic E-state index is 0.162. The standard InChI is InChI=1S/C23H16N2OS/c1-27-23-19(13-24)17-8-4-5-9-18(17)21(25)20(23)22(26)16-11-10-14-6-2-3-7-15(14)12-16/h2-12H,25H2,1H3. The number of hydrogen-bond acceptors (Lipinski definition) is 4. The summed E-state index contributed by atoms with van der Waals surface area (Å²) in [5, 5.41) is 13.3. The van der Waals surface area contributed by atoms with Crippen molar-refractivity contribution in [3.63, 3.8) is 0 Å². The first-order valence-electron chi connectivity index (χ1n) is 8.47. The average molecular weight is 368 g/mol. The Balaban J connectivity index is 2.00. The third-order valence-electron chi connectivity index (χ3n) is 4.76. The lowest BCUT2D eigenvalue weighted by Crippen LogP contribution is -2.09. The van der Waals surface area contributed by atoms with E-state index in [1.165, 1.54) is 11.8 Å². The van der Waals surface area contributed by atoms with Crippen molar-refractivity contribution in [2.75, 3.05) is 12.0 Å². The molecule has 0 saturated carbocycles. The minimum atomic E-state index is -0.162. The Kier molecular flexibility index (Phi) is 4.31. The van der Waals surface area contributed by atoms with Gasteiger partial charge in [0.1, 0.15) is 6.07 Å². The van der Waals surface area contributed by atoms with Crippen molar-refractivity contribution in [2.24, 2.45) is 0 Å². The molecule has 4 aromatic carbocycles. The molecule has 0 aliphatic rings. The van der Waals surface area contributed by atoms with Crippen LogP contribution >= 0.6 is 11.8 Å². The zero-order valence-electron chi connectivity index (χ0n) is 14.7. The Bertz CT molecular complexity index is 1250. The maximum atomic E-state index is 13.4.